The molecule has 23 heavy (non-hydrogen) atoms. The minimum absolute atomic E-state index is 0.187. The van der Waals surface area contributed by atoms with Crippen LogP contribution in [0.3, 0.4) is 0 Å². The van der Waals surface area contributed by atoms with Crippen LogP contribution in [0.4, 0.5) is 10.2 Å². The summed E-state index contributed by atoms with van der Waals surface area (Å²) in [6.07, 6.45) is 7.12. The molecule has 0 bridgehead atoms. The second-order valence-corrected chi connectivity index (χ2v) is 5.55. The summed E-state index contributed by atoms with van der Waals surface area (Å²) in [5.41, 5.74) is 1.02. The van der Waals surface area contributed by atoms with Crippen LogP contribution in [-0.4, -0.2) is 29.2 Å². The lowest BCUT2D eigenvalue weighted by Crippen LogP contribution is -2.27. The lowest BCUT2D eigenvalue weighted by molar-refractivity contribution is 0.514. The summed E-state index contributed by atoms with van der Waals surface area (Å²) in [6.45, 7) is 1.87. The van der Waals surface area contributed by atoms with E-state index in [9.17, 15) is 4.39 Å². The van der Waals surface area contributed by atoms with Gasteiger partial charge in [0.15, 0.2) is 16.7 Å². The van der Waals surface area contributed by atoms with E-state index in [0.29, 0.717) is 27.9 Å². The Balaban J connectivity index is 2.07. The highest BCUT2D eigenvalue weighted by atomic mass is 32.2. The van der Waals surface area contributed by atoms with Gasteiger partial charge in [-0.15, -0.1) is 5.10 Å². The van der Waals surface area contributed by atoms with Crippen LogP contribution in [0.5, 0.6) is 5.75 Å². The third-order valence-corrected chi connectivity index (χ3v) is 3.82. The van der Waals surface area contributed by atoms with E-state index in [1.165, 1.54) is 17.8 Å². The van der Waals surface area contributed by atoms with Crippen molar-refractivity contribution in [3.8, 4) is 5.75 Å². The van der Waals surface area contributed by atoms with E-state index in [4.69, 9.17) is 4.74 Å². The molecule has 0 aliphatic carbocycles. The first kappa shape index (κ1) is 15.5. The van der Waals surface area contributed by atoms with Gasteiger partial charge in [-0.05, 0) is 24.8 Å². The number of thioether (sulfide) groups is 1. The number of hydrazone groups is 1. The number of fused-ring (bicyclic) bond motifs is 1. The molecule has 0 saturated heterocycles. The third kappa shape index (κ3) is 2.92. The lowest BCUT2D eigenvalue weighted by atomic mass is 10.1. The summed E-state index contributed by atoms with van der Waals surface area (Å²) in [4.78, 5) is 8.55. The molecule has 0 atom stereocenters. The Morgan fingerprint density at radius 1 is 1.35 bits per heavy atom. The van der Waals surface area contributed by atoms with E-state index >= 15 is 0 Å². The van der Waals surface area contributed by atoms with Crippen molar-refractivity contribution in [1.82, 2.24) is 9.97 Å². The predicted octanol–water partition coefficient (Wildman–Crippen LogP) is 3.56. The predicted molar refractivity (Wildman–Crippen MR) is 90.5 cm³/mol. The summed E-state index contributed by atoms with van der Waals surface area (Å²) in [5.74, 6) is 0.798. The van der Waals surface area contributed by atoms with Gasteiger partial charge in [-0.1, -0.05) is 36.0 Å². The molecular formula is C16H15FN4OS. The van der Waals surface area contributed by atoms with Crippen LogP contribution in [-0.2, 0) is 0 Å². The van der Waals surface area contributed by atoms with Gasteiger partial charge in [-0.2, -0.15) is 4.98 Å². The van der Waals surface area contributed by atoms with Crippen LogP contribution in [0.1, 0.15) is 18.1 Å². The number of anilines is 1. The van der Waals surface area contributed by atoms with Crippen molar-refractivity contribution < 1.29 is 9.13 Å². The number of aromatic nitrogens is 2. The van der Waals surface area contributed by atoms with Crippen LogP contribution in [0.2, 0.25) is 0 Å². The summed E-state index contributed by atoms with van der Waals surface area (Å²) < 4.78 is 20.1. The van der Waals surface area contributed by atoms with Crippen molar-refractivity contribution in [3.63, 3.8) is 0 Å². The molecule has 0 fully saturated rings. The summed E-state index contributed by atoms with van der Waals surface area (Å²) in [6, 6.07) is 4.85. The average Bonchev–Trinajstić information content (AvgIpc) is 2.55. The van der Waals surface area contributed by atoms with Gasteiger partial charge in [-0.3, -0.25) is 0 Å². The number of benzene rings is 1. The zero-order chi connectivity index (χ0) is 16.4. The number of halogens is 1. The molecule has 0 radical (unpaired) electrons. The minimum Gasteiger partial charge on any atom is -0.431 e. The normalized spacial score (nSPS) is 13.7. The Labute approximate surface area is 137 Å². The van der Waals surface area contributed by atoms with Gasteiger partial charge in [0.2, 0.25) is 5.90 Å². The maximum atomic E-state index is 14.3. The van der Waals surface area contributed by atoms with Crippen molar-refractivity contribution in [3.05, 3.63) is 47.4 Å². The van der Waals surface area contributed by atoms with Gasteiger partial charge < -0.3 is 4.74 Å². The zero-order valence-corrected chi connectivity index (χ0v) is 13.8. The quantitative estimate of drug-likeness (QED) is 0.636. The lowest BCUT2D eigenvalue weighted by Gasteiger charge is -2.24. The van der Waals surface area contributed by atoms with E-state index in [1.54, 1.807) is 24.3 Å². The van der Waals surface area contributed by atoms with Crippen LogP contribution < -0.4 is 9.75 Å². The van der Waals surface area contributed by atoms with E-state index < -0.39 is 5.82 Å². The van der Waals surface area contributed by atoms with Crippen LogP contribution in [0, 0.1) is 5.82 Å². The molecule has 2 aromatic rings. The molecule has 3 rings (SSSR count). The van der Waals surface area contributed by atoms with Crippen LogP contribution >= 0.6 is 11.8 Å². The van der Waals surface area contributed by atoms with Crippen molar-refractivity contribution in [2.24, 2.45) is 5.10 Å². The molecule has 5 nitrogen and oxygen atoms in total. The standard InChI is InChI=1S/C16H15FN4OS/c1-4-6-10-7-5-8-11(17)13(10)15-20-21(2)14-12(22-15)9-18-16(19-14)23-3/h4-9H,1-3H3/b6-4+. The Kier molecular flexibility index (Phi) is 4.29. The van der Waals surface area contributed by atoms with Gasteiger partial charge in [0.1, 0.15) is 5.82 Å². The number of rotatable bonds is 3. The molecule has 1 aliphatic rings. The molecule has 0 N–H and O–H groups in total. The van der Waals surface area contributed by atoms with Crippen molar-refractivity contribution in [2.45, 2.75) is 12.1 Å². The van der Waals surface area contributed by atoms with Crippen molar-refractivity contribution >= 4 is 29.6 Å². The van der Waals surface area contributed by atoms with Crippen LogP contribution in [0.25, 0.3) is 6.08 Å². The molecule has 118 valence electrons. The number of hydrogen-bond acceptors (Lipinski definition) is 6. The minimum atomic E-state index is -0.391. The fraction of sp³-hybridized carbons (Fsp3) is 0.188. The highest BCUT2D eigenvalue weighted by molar-refractivity contribution is 7.98. The van der Waals surface area contributed by atoms with Gasteiger partial charge in [0.05, 0.1) is 11.8 Å². The van der Waals surface area contributed by atoms with Gasteiger partial charge in [0.25, 0.3) is 0 Å². The number of hydrogen-bond donors (Lipinski definition) is 0. The number of allylic oxidation sites excluding steroid dienone is 1. The maximum absolute atomic E-state index is 14.3. The van der Waals surface area contributed by atoms with Crippen molar-refractivity contribution in [1.29, 1.82) is 0 Å². The molecule has 0 spiro atoms. The second-order valence-electron chi connectivity index (χ2n) is 4.78. The molecule has 0 amide bonds. The van der Waals surface area contributed by atoms with E-state index in [-0.39, 0.29) is 5.90 Å². The molecule has 1 aliphatic heterocycles. The maximum Gasteiger partial charge on any atom is 0.247 e. The Hall–Kier alpha value is -2.41. The zero-order valence-electron chi connectivity index (χ0n) is 12.9. The monoisotopic (exact) mass is 330 g/mol. The third-order valence-electron chi connectivity index (χ3n) is 3.26. The molecule has 1 aromatic heterocycles. The van der Waals surface area contributed by atoms with E-state index in [0.717, 1.165) is 0 Å². The first-order valence-corrected chi connectivity index (χ1v) is 8.19. The number of nitrogens with zero attached hydrogens (tertiary/aromatic N) is 4. The fourth-order valence-electron chi connectivity index (χ4n) is 2.24. The SMILES string of the molecule is C/C=C/c1cccc(F)c1C1=NN(C)c2nc(SC)ncc2O1. The highest BCUT2D eigenvalue weighted by Gasteiger charge is 2.25. The summed E-state index contributed by atoms with van der Waals surface area (Å²) in [5, 5.41) is 6.52. The number of ether oxygens (including phenoxy) is 1. The van der Waals surface area contributed by atoms with Crippen LogP contribution in [0.15, 0.2) is 40.7 Å². The Bertz CT molecular complexity index is 807. The first-order chi connectivity index (χ1) is 11.1. The smallest absolute Gasteiger partial charge is 0.247 e. The molecule has 7 heteroatoms. The Morgan fingerprint density at radius 3 is 2.91 bits per heavy atom. The summed E-state index contributed by atoms with van der Waals surface area (Å²) >= 11 is 1.43. The van der Waals surface area contributed by atoms with Gasteiger partial charge in [0, 0.05) is 7.05 Å². The largest absolute Gasteiger partial charge is 0.431 e. The highest BCUT2D eigenvalue weighted by Crippen LogP contribution is 2.32. The fourth-order valence-corrected chi connectivity index (χ4v) is 2.58. The van der Waals surface area contributed by atoms with E-state index in [1.807, 2.05) is 31.4 Å². The van der Waals surface area contributed by atoms with Gasteiger partial charge in [-0.25, -0.2) is 14.4 Å². The first-order valence-electron chi connectivity index (χ1n) is 6.97. The molecule has 2 heterocycles. The molecule has 1 aromatic carbocycles. The Morgan fingerprint density at radius 2 is 2.17 bits per heavy atom. The molecule has 0 saturated carbocycles. The second kappa shape index (κ2) is 6.37. The van der Waals surface area contributed by atoms with Crippen molar-refractivity contribution in [2.75, 3.05) is 18.3 Å². The molecule has 0 unspecified atom stereocenters. The summed E-state index contributed by atoms with van der Waals surface area (Å²) in [7, 11) is 1.74. The average molecular weight is 330 g/mol. The molecular weight excluding hydrogens is 315 g/mol. The van der Waals surface area contributed by atoms with Gasteiger partial charge >= 0.3 is 0 Å². The topological polar surface area (TPSA) is 50.6 Å². The van der Waals surface area contributed by atoms with E-state index in [2.05, 4.69) is 15.1 Å².